The molecule has 2 saturated heterocycles. The maximum absolute atomic E-state index is 13.7. The lowest BCUT2D eigenvalue weighted by Gasteiger charge is -2.48. The minimum absolute atomic E-state index is 0. The summed E-state index contributed by atoms with van der Waals surface area (Å²) in [7, 11) is 0. The second kappa shape index (κ2) is 18.2. The van der Waals surface area contributed by atoms with Crippen LogP contribution in [0, 0.1) is 17.0 Å². The number of halogens is 4. The van der Waals surface area contributed by atoms with Gasteiger partial charge in [0.15, 0.2) is 0 Å². The lowest BCUT2D eigenvalue weighted by atomic mass is 9.89. The molecule has 6 heterocycles. The van der Waals surface area contributed by atoms with Crippen LogP contribution in [0.3, 0.4) is 0 Å². The van der Waals surface area contributed by atoms with E-state index >= 15 is 0 Å². The van der Waals surface area contributed by atoms with Gasteiger partial charge in [0.25, 0.3) is 11.8 Å². The number of nitrogens with two attached hydrogens (primary N) is 2. The zero-order valence-electron chi connectivity index (χ0n) is 34.0. The molecule has 19 heteroatoms. The second-order valence-corrected chi connectivity index (χ2v) is 18.7. The number of carbonyl (C=O) groups is 4. The molecule has 4 N–H and O–H groups in total. The highest BCUT2D eigenvalue weighted by Crippen LogP contribution is 2.41. The van der Waals surface area contributed by atoms with E-state index in [-0.39, 0.29) is 73.6 Å². The summed E-state index contributed by atoms with van der Waals surface area (Å²) in [5.74, 6) is -2.50. The van der Waals surface area contributed by atoms with E-state index in [4.69, 9.17) is 48.9 Å². The van der Waals surface area contributed by atoms with E-state index in [0.29, 0.717) is 74.1 Å². The van der Waals surface area contributed by atoms with Crippen molar-refractivity contribution in [2.24, 2.45) is 16.9 Å². The smallest absolute Gasteiger partial charge is 0.410 e. The number of hydrogen-bond donors (Lipinski definition) is 2. The highest BCUT2D eigenvalue weighted by molar-refractivity contribution is 6.31. The highest BCUT2D eigenvalue weighted by Gasteiger charge is 2.51. The monoisotopic (exact) mass is 918 g/mol. The maximum Gasteiger partial charge on any atom is 0.410 e. The average Bonchev–Trinajstić information content (AvgIpc) is 3.70. The van der Waals surface area contributed by atoms with Crippen molar-refractivity contribution in [3.63, 3.8) is 0 Å². The summed E-state index contributed by atoms with van der Waals surface area (Å²) in [4.78, 5) is 53.8. The summed E-state index contributed by atoms with van der Waals surface area (Å²) in [6.07, 6.45) is -0.118. The van der Waals surface area contributed by atoms with Gasteiger partial charge in [-0.3, -0.25) is 28.6 Å². The van der Waals surface area contributed by atoms with Gasteiger partial charge in [0.05, 0.1) is 85.2 Å². The van der Waals surface area contributed by atoms with Crippen LogP contribution < -0.4 is 11.5 Å². The predicted molar refractivity (Wildman–Crippen MR) is 236 cm³/mol. The van der Waals surface area contributed by atoms with Crippen LogP contribution >= 0.6 is 23.2 Å². The van der Waals surface area contributed by atoms with Crippen LogP contribution in [0.2, 0.25) is 10.0 Å². The molecular weight excluding hydrogens is 861 g/mol. The van der Waals surface area contributed by atoms with E-state index < -0.39 is 46.2 Å². The fourth-order valence-electron chi connectivity index (χ4n) is 7.81. The van der Waals surface area contributed by atoms with Gasteiger partial charge in [-0.15, -0.1) is 0 Å². The third kappa shape index (κ3) is 9.71. The van der Waals surface area contributed by atoms with Gasteiger partial charge >= 0.3 is 6.09 Å². The van der Waals surface area contributed by atoms with Crippen LogP contribution in [-0.2, 0) is 43.2 Å². The first kappa shape index (κ1) is 50.5. The van der Waals surface area contributed by atoms with Gasteiger partial charge in [0.1, 0.15) is 39.7 Å². The van der Waals surface area contributed by atoms with Crippen molar-refractivity contribution in [3.8, 4) is 22.5 Å². The van der Waals surface area contributed by atoms with Crippen LogP contribution in [0.25, 0.3) is 22.5 Å². The van der Waals surface area contributed by atoms with Gasteiger partial charge in [-0.2, -0.15) is 10.2 Å². The third-order valence-corrected chi connectivity index (χ3v) is 11.1. The average molecular weight is 920 g/mol. The summed E-state index contributed by atoms with van der Waals surface area (Å²) >= 11 is 11.9. The van der Waals surface area contributed by atoms with Gasteiger partial charge in [0, 0.05) is 17.5 Å². The molecule has 4 aliphatic heterocycles. The first-order valence-electron chi connectivity index (χ1n) is 19.2. The Bertz CT molecular complexity index is 2250. The SMILES string of the molecule is C.C.C.CC(C)(C)CC(=O)N1Cc2c(C(N)=O)c(-c3ccc(F)c(Cl)c3)nn2C2(COC2)C1.CC(C)(C)OC(=O)N1Cc2c(C(N)=O)c(-c3ccc(F)c(Cl)c3)nn2C2(COC2)C1. The fourth-order valence-corrected chi connectivity index (χ4v) is 8.17. The number of rotatable bonds is 5. The predicted octanol–water partition coefficient (Wildman–Crippen LogP) is 7.77. The molecule has 0 atom stereocenters. The van der Waals surface area contributed by atoms with Gasteiger partial charge < -0.3 is 30.6 Å². The topological polar surface area (TPSA) is 190 Å². The Morgan fingerprint density at radius 2 is 1.11 bits per heavy atom. The first-order chi connectivity index (χ1) is 28.0. The molecule has 4 aliphatic rings. The molecule has 8 rings (SSSR count). The fraction of sp³-hybridized carbons (Fsp3) is 0.500. The molecular formula is C44H58Cl2F2N8O7. The second-order valence-electron chi connectivity index (χ2n) is 17.9. The Labute approximate surface area is 376 Å². The largest absolute Gasteiger partial charge is 0.444 e. The summed E-state index contributed by atoms with van der Waals surface area (Å²) in [6, 6.07) is 8.24. The van der Waals surface area contributed by atoms with Crippen molar-refractivity contribution in [3.05, 3.63) is 80.6 Å². The molecule has 0 radical (unpaired) electrons. The zero-order valence-corrected chi connectivity index (χ0v) is 35.5. The van der Waals surface area contributed by atoms with E-state index in [1.165, 1.54) is 41.3 Å². The van der Waals surface area contributed by atoms with Crippen LogP contribution in [0.5, 0.6) is 0 Å². The molecule has 0 bridgehead atoms. The minimum Gasteiger partial charge on any atom is -0.444 e. The van der Waals surface area contributed by atoms with Crippen LogP contribution in [0.15, 0.2) is 36.4 Å². The van der Waals surface area contributed by atoms with Crippen LogP contribution in [-0.4, -0.2) is 98.3 Å². The van der Waals surface area contributed by atoms with Crippen molar-refractivity contribution in [2.75, 3.05) is 39.5 Å². The number of benzene rings is 2. The van der Waals surface area contributed by atoms with Gasteiger partial charge in [0.2, 0.25) is 5.91 Å². The van der Waals surface area contributed by atoms with E-state index in [9.17, 15) is 28.0 Å². The Balaban J connectivity index is 0.000000264. The number of hydrogen-bond acceptors (Lipinski definition) is 9. The number of aromatic nitrogens is 4. The summed E-state index contributed by atoms with van der Waals surface area (Å²) < 4.78 is 47.2. The van der Waals surface area contributed by atoms with Crippen molar-refractivity contribution >= 4 is 47.0 Å². The van der Waals surface area contributed by atoms with E-state index in [1.807, 2.05) is 20.8 Å². The molecule has 4 aromatic rings. The number of fused-ring (bicyclic) bond motifs is 4. The van der Waals surface area contributed by atoms with E-state index in [0.717, 1.165) is 0 Å². The lowest BCUT2D eigenvalue weighted by Crippen LogP contribution is -2.63. The molecule has 0 unspecified atom stereocenters. The van der Waals surface area contributed by atoms with Gasteiger partial charge in [-0.05, 0) is 62.6 Å². The molecule has 4 amide bonds. The number of primary amides is 2. The highest BCUT2D eigenvalue weighted by atomic mass is 35.5. The Morgan fingerprint density at radius 3 is 1.44 bits per heavy atom. The molecule has 2 aromatic heterocycles. The van der Waals surface area contributed by atoms with E-state index in [1.54, 1.807) is 35.0 Å². The minimum atomic E-state index is -0.701. The molecule has 15 nitrogen and oxygen atoms in total. The van der Waals surface area contributed by atoms with Gasteiger partial charge in [-0.1, -0.05) is 66.3 Å². The normalized spacial score (nSPS) is 16.7. The zero-order chi connectivity index (χ0) is 43.7. The quantitative estimate of drug-likeness (QED) is 0.201. The van der Waals surface area contributed by atoms with Gasteiger partial charge in [-0.25, -0.2) is 13.6 Å². The van der Waals surface area contributed by atoms with Crippen molar-refractivity contribution in [2.45, 2.75) is 100 Å². The molecule has 2 fully saturated rings. The molecule has 0 saturated carbocycles. The first-order valence-corrected chi connectivity index (χ1v) is 19.9. The Hall–Kier alpha value is -5.10. The Kier molecular flexibility index (Phi) is 14.6. The molecule has 2 aromatic carbocycles. The molecule has 2 spiro atoms. The third-order valence-electron chi connectivity index (χ3n) is 10.6. The van der Waals surface area contributed by atoms with Crippen molar-refractivity contribution in [1.82, 2.24) is 29.4 Å². The van der Waals surface area contributed by atoms with E-state index in [2.05, 4.69) is 10.2 Å². The maximum atomic E-state index is 13.7. The number of nitrogens with zero attached hydrogens (tertiary/aromatic N) is 6. The summed E-state index contributed by atoms with van der Waals surface area (Å²) in [6.45, 7) is 13.8. The Morgan fingerprint density at radius 1 is 0.714 bits per heavy atom. The molecule has 0 aliphatic carbocycles. The number of amides is 4. The summed E-state index contributed by atoms with van der Waals surface area (Å²) in [5.41, 5.74) is 12.4. The molecule has 344 valence electrons. The number of carbonyl (C=O) groups excluding carboxylic acids is 4. The van der Waals surface area contributed by atoms with Crippen LogP contribution in [0.4, 0.5) is 13.6 Å². The van der Waals surface area contributed by atoms with Crippen molar-refractivity contribution < 1.29 is 42.2 Å². The molecule has 63 heavy (non-hydrogen) atoms. The standard InChI is InChI=1S/C21H24ClFN4O3.C20H22ClFN4O4.3CH4/c1-20(2,3)7-16(28)26-8-15-17(19(24)29)18(12-4-5-14(23)13(22)6-12)25-27(15)21(9-26)10-30-11-21;1-19(2,3)30-18(28)25-7-14-15(17(23)27)16(11-4-5-13(22)12(21)6-11)24-26(14)20(8-25)9-29-10-20;;;/h4-6H,7-11H2,1-3H3,(H2,24,29);4-6H,7-10H2,1-3H3,(H2,23,27);3*1H4. The summed E-state index contributed by atoms with van der Waals surface area (Å²) in [5, 5.41) is 9.14. The van der Waals surface area contributed by atoms with Crippen molar-refractivity contribution in [1.29, 1.82) is 0 Å². The number of ether oxygens (including phenoxy) is 3. The van der Waals surface area contributed by atoms with Crippen LogP contribution in [0.1, 0.15) is 102 Å². The lowest BCUT2D eigenvalue weighted by molar-refractivity contribution is -0.154.